The van der Waals surface area contributed by atoms with E-state index in [1.807, 2.05) is 30.3 Å². The van der Waals surface area contributed by atoms with Crippen LogP contribution in [0, 0.1) is 5.92 Å². The van der Waals surface area contributed by atoms with Gasteiger partial charge in [0.05, 0.1) is 12.1 Å². The summed E-state index contributed by atoms with van der Waals surface area (Å²) in [5, 5.41) is 11.0. The van der Waals surface area contributed by atoms with Gasteiger partial charge >= 0.3 is 5.97 Å². The maximum atomic E-state index is 12.0. The van der Waals surface area contributed by atoms with Crippen molar-refractivity contribution in [3.63, 3.8) is 0 Å². The molecule has 28 heavy (non-hydrogen) atoms. The number of hydrogen-bond donors (Lipinski definition) is 1. The van der Waals surface area contributed by atoms with Crippen LogP contribution >= 0.6 is 0 Å². The molecule has 0 saturated heterocycles. The topological polar surface area (TPSA) is 67.9 Å². The lowest BCUT2D eigenvalue weighted by Crippen LogP contribution is -2.07. The highest BCUT2D eigenvalue weighted by Crippen LogP contribution is 2.27. The van der Waals surface area contributed by atoms with E-state index in [0.29, 0.717) is 19.4 Å². The minimum Gasteiger partial charge on any atom is -0.466 e. The highest BCUT2D eigenvalue weighted by atomic mass is 16.5. The Morgan fingerprint density at radius 2 is 1.96 bits per heavy atom. The molecule has 2 aromatic carbocycles. The first-order valence-corrected chi connectivity index (χ1v) is 10.2. The second kappa shape index (κ2) is 10.0. The molecule has 5 heteroatoms. The number of ether oxygens (including phenoxy) is 1. The van der Waals surface area contributed by atoms with Gasteiger partial charge in [-0.3, -0.25) is 9.89 Å². The molecule has 0 atom stereocenters. The minimum atomic E-state index is -0.118. The van der Waals surface area contributed by atoms with Gasteiger partial charge in [0.1, 0.15) is 5.52 Å². The summed E-state index contributed by atoms with van der Waals surface area (Å²) >= 11 is 0. The number of fused-ring (bicyclic) bond motifs is 1. The van der Waals surface area contributed by atoms with Crippen LogP contribution in [-0.4, -0.2) is 28.0 Å². The monoisotopic (exact) mass is 379 g/mol. The third-order valence-corrected chi connectivity index (χ3v) is 4.90. The first-order valence-electron chi connectivity index (χ1n) is 10.2. The van der Waals surface area contributed by atoms with Gasteiger partial charge in [-0.25, -0.2) is 0 Å². The maximum Gasteiger partial charge on any atom is 0.306 e. The Hall–Kier alpha value is -2.69. The number of nitrogens with zero attached hydrogens (tertiary/aromatic N) is 2. The molecular weight excluding hydrogens is 350 g/mol. The highest BCUT2D eigenvalue weighted by molar-refractivity contribution is 5.91. The van der Waals surface area contributed by atoms with E-state index < -0.39 is 0 Å². The number of esters is 1. The number of H-pyrrole nitrogens is 1. The van der Waals surface area contributed by atoms with Crippen molar-refractivity contribution in [2.75, 3.05) is 6.61 Å². The van der Waals surface area contributed by atoms with Crippen LogP contribution in [0.5, 0.6) is 0 Å². The number of carbonyl (C=O) groups is 1. The fraction of sp³-hybridized carbons (Fsp3) is 0.435. The molecule has 0 saturated carbocycles. The van der Waals surface area contributed by atoms with Crippen molar-refractivity contribution in [1.82, 2.24) is 15.4 Å². The fourth-order valence-corrected chi connectivity index (χ4v) is 3.33. The SMILES string of the molecule is CC(C)CCCCCOC(=O)CCc1cccc(-c2cccc3[nH]nnc23)c1. The summed E-state index contributed by atoms with van der Waals surface area (Å²) in [6, 6.07) is 14.2. The number of hydrogen-bond acceptors (Lipinski definition) is 4. The molecule has 0 aliphatic rings. The van der Waals surface area contributed by atoms with Gasteiger partial charge in [0.2, 0.25) is 0 Å². The van der Waals surface area contributed by atoms with Crippen molar-refractivity contribution in [3.8, 4) is 11.1 Å². The quantitative estimate of drug-likeness (QED) is 0.382. The molecule has 0 bridgehead atoms. The molecule has 1 heterocycles. The normalized spacial score (nSPS) is 11.2. The molecule has 0 spiro atoms. The number of aryl methyl sites for hydroxylation is 1. The largest absolute Gasteiger partial charge is 0.466 e. The van der Waals surface area contributed by atoms with Crippen LogP contribution in [0.25, 0.3) is 22.2 Å². The summed E-state index contributed by atoms with van der Waals surface area (Å²) in [6.45, 7) is 5.01. The van der Waals surface area contributed by atoms with Crippen LogP contribution in [0.3, 0.4) is 0 Å². The van der Waals surface area contributed by atoms with Gasteiger partial charge in [-0.2, -0.15) is 0 Å². The number of nitrogens with one attached hydrogen (secondary N) is 1. The fourth-order valence-electron chi connectivity index (χ4n) is 3.33. The third-order valence-electron chi connectivity index (χ3n) is 4.90. The lowest BCUT2D eigenvalue weighted by atomic mass is 10.00. The zero-order valence-corrected chi connectivity index (χ0v) is 16.8. The van der Waals surface area contributed by atoms with Crippen LogP contribution in [0.2, 0.25) is 0 Å². The van der Waals surface area contributed by atoms with E-state index in [1.54, 1.807) is 0 Å². The Morgan fingerprint density at radius 1 is 1.11 bits per heavy atom. The summed E-state index contributed by atoms with van der Waals surface area (Å²) in [6.07, 6.45) is 5.61. The Labute approximate surface area is 166 Å². The second-order valence-corrected chi connectivity index (χ2v) is 7.68. The lowest BCUT2D eigenvalue weighted by Gasteiger charge is -2.08. The van der Waals surface area contributed by atoms with E-state index >= 15 is 0 Å². The van der Waals surface area contributed by atoms with E-state index in [0.717, 1.165) is 46.5 Å². The Balaban J connectivity index is 1.49. The van der Waals surface area contributed by atoms with Crippen LogP contribution < -0.4 is 0 Å². The summed E-state index contributed by atoms with van der Waals surface area (Å²) in [5.74, 6) is 0.627. The molecule has 1 aromatic heterocycles. The lowest BCUT2D eigenvalue weighted by molar-refractivity contribution is -0.143. The first kappa shape index (κ1) is 20.1. The number of unbranched alkanes of at least 4 members (excludes halogenated alkanes) is 2. The van der Waals surface area contributed by atoms with Crippen LogP contribution in [0.1, 0.15) is 51.5 Å². The van der Waals surface area contributed by atoms with Crippen molar-refractivity contribution in [1.29, 1.82) is 0 Å². The summed E-state index contributed by atoms with van der Waals surface area (Å²) < 4.78 is 5.37. The van der Waals surface area contributed by atoms with Gasteiger partial charge < -0.3 is 4.74 Å². The maximum absolute atomic E-state index is 12.0. The molecule has 0 aliphatic carbocycles. The number of aromatic amines is 1. The van der Waals surface area contributed by atoms with Crippen molar-refractivity contribution in [2.24, 2.45) is 5.92 Å². The van der Waals surface area contributed by atoms with Crippen molar-refractivity contribution < 1.29 is 9.53 Å². The van der Waals surface area contributed by atoms with E-state index in [4.69, 9.17) is 4.74 Å². The average Bonchev–Trinajstić information content (AvgIpc) is 3.18. The Kier molecular flexibility index (Phi) is 7.18. The molecule has 0 aliphatic heterocycles. The van der Waals surface area contributed by atoms with E-state index in [-0.39, 0.29) is 5.97 Å². The third kappa shape index (κ3) is 5.65. The summed E-state index contributed by atoms with van der Waals surface area (Å²) in [7, 11) is 0. The predicted molar refractivity (Wildman–Crippen MR) is 112 cm³/mol. The Morgan fingerprint density at radius 3 is 2.82 bits per heavy atom. The number of benzene rings is 2. The zero-order valence-electron chi connectivity index (χ0n) is 16.8. The first-order chi connectivity index (χ1) is 13.6. The van der Waals surface area contributed by atoms with Crippen LogP contribution in [-0.2, 0) is 16.0 Å². The van der Waals surface area contributed by atoms with Gasteiger partial charge in [-0.1, -0.05) is 74.7 Å². The van der Waals surface area contributed by atoms with Crippen molar-refractivity contribution in [3.05, 3.63) is 48.0 Å². The van der Waals surface area contributed by atoms with E-state index in [9.17, 15) is 4.79 Å². The molecule has 0 unspecified atom stereocenters. The molecule has 5 nitrogen and oxygen atoms in total. The minimum absolute atomic E-state index is 0.118. The van der Waals surface area contributed by atoms with E-state index in [1.165, 1.54) is 12.8 Å². The summed E-state index contributed by atoms with van der Waals surface area (Å²) in [4.78, 5) is 12.0. The highest BCUT2D eigenvalue weighted by Gasteiger charge is 2.09. The van der Waals surface area contributed by atoms with Crippen molar-refractivity contribution in [2.45, 2.75) is 52.4 Å². The number of aromatic nitrogens is 3. The van der Waals surface area contributed by atoms with Crippen molar-refractivity contribution >= 4 is 17.0 Å². The van der Waals surface area contributed by atoms with Gasteiger partial charge in [-0.15, -0.1) is 5.10 Å². The Bertz CT molecular complexity index is 902. The smallest absolute Gasteiger partial charge is 0.306 e. The van der Waals surface area contributed by atoms with Gasteiger partial charge in [0.15, 0.2) is 0 Å². The zero-order chi connectivity index (χ0) is 19.8. The molecule has 0 radical (unpaired) electrons. The molecule has 148 valence electrons. The molecule has 1 N–H and O–H groups in total. The van der Waals surface area contributed by atoms with Gasteiger partial charge in [0.25, 0.3) is 0 Å². The van der Waals surface area contributed by atoms with Gasteiger partial charge in [-0.05, 0) is 36.0 Å². The molecule has 0 fully saturated rings. The molecule has 3 aromatic rings. The average molecular weight is 380 g/mol. The van der Waals surface area contributed by atoms with E-state index in [2.05, 4.69) is 41.4 Å². The molecule has 3 rings (SSSR count). The number of carbonyl (C=O) groups excluding carboxylic acids is 1. The molecule has 0 amide bonds. The predicted octanol–water partition coefficient (Wildman–Crippen LogP) is 5.32. The van der Waals surface area contributed by atoms with Crippen LogP contribution in [0.4, 0.5) is 0 Å². The number of rotatable bonds is 10. The standard InChI is InChI=1S/C23H29N3O2/c1-17(2)8-4-3-5-15-28-22(27)14-13-18-9-6-10-19(16-18)20-11-7-12-21-23(20)25-26-24-21/h6-7,9-12,16-17H,3-5,8,13-15H2,1-2H3,(H,24,25,26). The van der Waals surface area contributed by atoms with Gasteiger partial charge in [0, 0.05) is 12.0 Å². The molecular formula is C23H29N3O2. The summed E-state index contributed by atoms with van der Waals surface area (Å²) in [5.41, 5.74) is 5.01. The van der Waals surface area contributed by atoms with Crippen LogP contribution in [0.15, 0.2) is 42.5 Å². The second-order valence-electron chi connectivity index (χ2n) is 7.68.